The van der Waals surface area contributed by atoms with Crippen molar-refractivity contribution in [2.75, 3.05) is 26.6 Å². The summed E-state index contributed by atoms with van der Waals surface area (Å²) in [6.07, 6.45) is 3.23. The van der Waals surface area contributed by atoms with Gasteiger partial charge in [-0.2, -0.15) is 0 Å². The van der Waals surface area contributed by atoms with Gasteiger partial charge in [0.1, 0.15) is 34.4 Å². The van der Waals surface area contributed by atoms with Gasteiger partial charge in [-0.25, -0.2) is 0 Å². The first-order valence-corrected chi connectivity index (χ1v) is 11.2. The molecular formula is C26H23ClN4O5. The van der Waals surface area contributed by atoms with Crippen LogP contribution in [0.2, 0.25) is 5.02 Å². The summed E-state index contributed by atoms with van der Waals surface area (Å²) in [5.74, 6) is 1.18. The van der Waals surface area contributed by atoms with E-state index in [0.717, 1.165) is 11.1 Å². The van der Waals surface area contributed by atoms with E-state index < -0.39 is 0 Å². The molecule has 4 rings (SSSR count). The Hall–Kier alpha value is -4.50. The quantitative estimate of drug-likeness (QED) is 0.304. The number of rotatable bonds is 8. The van der Waals surface area contributed by atoms with E-state index in [1.54, 1.807) is 42.6 Å². The average Bonchev–Trinajstić information content (AvgIpc) is 3.40. The van der Waals surface area contributed by atoms with Gasteiger partial charge in [-0.15, -0.1) is 0 Å². The SMILES string of the molecule is CNC(=O)c1cc(Oc2cccc(-c3c[nH]c(C(=O)Nc4cc(OC)c(Cl)cc4OC)c3)c2)ccn1. The van der Waals surface area contributed by atoms with E-state index in [-0.39, 0.29) is 17.5 Å². The van der Waals surface area contributed by atoms with E-state index >= 15 is 0 Å². The van der Waals surface area contributed by atoms with Gasteiger partial charge in [0, 0.05) is 43.2 Å². The summed E-state index contributed by atoms with van der Waals surface area (Å²) in [5, 5.41) is 5.71. The third-order valence-corrected chi connectivity index (χ3v) is 5.54. The number of H-pyrrole nitrogens is 1. The molecule has 3 N–H and O–H groups in total. The molecule has 2 amide bonds. The van der Waals surface area contributed by atoms with Gasteiger partial charge in [0.15, 0.2) is 0 Å². The van der Waals surface area contributed by atoms with Crippen LogP contribution in [0.1, 0.15) is 21.0 Å². The zero-order valence-electron chi connectivity index (χ0n) is 19.7. The number of methoxy groups -OCH3 is 2. The molecule has 0 spiro atoms. The fourth-order valence-corrected chi connectivity index (χ4v) is 3.67. The number of nitrogens with zero attached hydrogens (tertiary/aromatic N) is 1. The van der Waals surface area contributed by atoms with Crippen LogP contribution >= 0.6 is 11.6 Å². The van der Waals surface area contributed by atoms with Crippen LogP contribution in [0.3, 0.4) is 0 Å². The van der Waals surface area contributed by atoms with Gasteiger partial charge in [0.05, 0.1) is 24.9 Å². The molecule has 9 nitrogen and oxygen atoms in total. The summed E-state index contributed by atoms with van der Waals surface area (Å²) < 4.78 is 16.5. The maximum atomic E-state index is 12.9. The molecule has 0 saturated carbocycles. The Morgan fingerprint density at radius 2 is 1.69 bits per heavy atom. The standard InChI is InChI=1S/C26H23ClN4O5/c1-28-25(32)22-11-18(7-8-29-22)36-17-6-4-5-15(9-17)16-10-21(30-14-16)26(33)31-20-13-23(34-2)19(27)12-24(20)35-3/h4-14,30H,1-3H3,(H,28,32)(H,31,33). The summed E-state index contributed by atoms with van der Waals surface area (Å²) in [4.78, 5) is 31.8. The minimum Gasteiger partial charge on any atom is -0.495 e. The molecule has 184 valence electrons. The molecule has 10 heteroatoms. The van der Waals surface area contributed by atoms with Crippen LogP contribution in [0.25, 0.3) is 11.1 Å². The monoisotopic (exact) mass is 506 g/mol. The lowest BCUT2D eigenvalue weighted by atomic mass is 10.1. The molecule has 0 atom stereocenters. The number of carbonyl (C=O) groups is 2. The molecule has 4 aromatic rings. The first kappa shape index (κ1) is 24.6. The summed E-state index contributed by atoms with van der Waals surface area (Å²) in [6, 6.07) is 15.5. The van der Waals surface area contributed by atoms with Crippen molar-refractivity contribution in [1.29, 1.82) is 0 Å². The summed E-state index contributed by atoms with van der Waals surface area (Å²) in [7, 11) is 4.51. The van der Waals surface area contributed by atoms with Gasteiger partial charge < -0.3 is 29.8 Å². The molecule has 0 aliphatic rings. The number of pyridine rings is 1. The lowest BCUT2D eigenvalue weighted by molar-refractivity contribution is 0.0957. The Morgan fingerprint density at radius 1 is 0.917 bits per heavy atom. The highest BCUT2D eigenvalue weighted by Gasteiger charge is 2.16. The molecule has 0 saturated heterocycles. The largest absolute Gasteiger partial charge is 0.495 e. The number of aromatic nitrogens is 2. The molecule has 0 aliphatic carbocycles. The van der Waals surface area contributed by atoms with Crippen LogP contribution in [0.4, 0.5) is 5.69 Å². The lowest BCUT2D eigenvalue weighted by Gasteiger charge is -2.12. The summed E-state index contributed by atoms with van der Waals surface area (Å²) >= 11 is 6.14. The second kappa shape index (κ2) is 10.8. The zero-order chi connectivity index (χ0) is 25.7. The van der Waals surface area contributed by atoms with Crippen LogP contribution < -0.4 is 24.8 Å². The number of halogens is 1. The molecule has 0 radical (unpaired) electrons. The minimum atomic E-state index is -0.366. The summed E-state index contributed by atoms with van der Waals surface area (Å²) in [5.41, 5.74) is 2.63. The Bertz CT molecular complexity index is 1420. The maximum Gasteiger partial charge on any atom is 0.272 e. The van der Waals surface area contributed by atoms with E-state index in [1.807, 2.05) is 18.2 Å². The number of carbonyl (C=O) groups excluding carboxylic acids is 2. The molecule has 0 bridgehead atoms. The van der Waals surface area contributed by atoms with Crippen molar-refractivity contribution >= 4 is 29.1 Å². The number of amides is 2. The van der Waals surface area contributed by atoms with Gasteiger partial charge >= 0.3 is 0 Å². The van der Waals surface area contributed by atoms with Crippen molar-refractivity contribution in [3.8, 4) is 34.1 Å². The number of nitrogens with one attached hydrogen (secondary N) is 3. The Kier molecular flexibility index (Phi) is 7.41. The smallest absolute Gasteiger partial charge is 0.272 e. The molecule has 2 heterocycles. The second-order valence-corrected chi connectivity index (χ2v) is 7.94. The minimum absolute atomic E-state index is 0.252. The van der Waals surface area contributed by atoms with E-state index in [0.29, 0.717) is 39.4 Å². The Morgan fingerprint density at radius 3 is 2.44 bits per heavy atom. The normalized spacial score (nSPS) is 10.4. The van der Waals surface area contributed by atoms with Crippen molar-refractivity contribution in [3.05, 3.63) is 83.4 Å². The molecule has 2 aromatic heterocycles. The fourth-order valence-electron chi connectivity index (χ4n) is 3.44. The molecule has 36 heavy (non-hydrogen) atoms. The first-order valence-electron chi connectivity index (χ1n) is 10.8. The molecule has 0 aliphatic heterocycles. The third kappa shape index (κ3) is 5.42. The second-order valence-electron chi connectivity index (χ2n) is 7.53. The van der Waals surface area contributed by atoms with Crippen molar-refractivity contribution < 1.29 is 23.8 Å². The molecular weight excluding hydrogens is 484 g/mol. The Balaban J connectivity index is 1.52. The van der Waals surface area contributed by atoms with E-state index in [4.69, 9.17) is 25.8 Å². The van der Waals surface area contributed by atoms with Crippen molar-refractivity contribution in [2.24, 2.45) is 0 Å². The Labute approximate surface area is 212 Å². The van der Waals surface area contributed by atoms with Crippen LogP contribution in [0, 0.1) is 0 Å². The van der Waals surface area contributed by atoms with Crippen molar-refractivity contribution in [3.63, 3.8) is 0 Å². The zero-order valence-corrected chi connectivity index (χ0v) is 20.5. The van der Waals surface area contributed by atoms with Crippen LogP contribution in [0.15, 0.2) is 67.0 Å². The van der Waals surface area contributed by atoms with Crippen molar-refractivity contribution in [1.82, 2.24) is 15.3 Å². The average molecular weight is 507 g/mol. The number of ether oxygens (including phenoxy) is 3. The number of aromatic amines is 1. The van der Waals surface area contributed by atoms with Gasteiger partial charge in [0.2, 0.25) is 0 Å². The fraction of sp³-hybridized carbons (Fsp3) is 0.115. The van der Waals surface area contributed by atoms with Gasteiger partial charge in [0.25, 0.3) is 11.8 Å². The predicted molar refractivity (Wildman–Crippen MR) is 136 cm³/mol. The first-order chi connectivity index (χ1) is 17.4. The highest BCUT2D eigenvalue weighted by molar-refractivity contribution is 6.32. The van der Waals surface area contributed by atoms with Crippen LogP contribution in [-0.4, -0.2) is 43.0 Å². The van der Waals surface area contributed by atoms with Crippen LogP contribution in [-0.2, 0) is 0 Å². The summed E-state index contributed by atoms with van der Waals surface area (Å²) in [6.45, 7) is 0. The van der Waals surface area contributed by atoms with Gasteiger partial charge in [-0.1, -0.05) is 23.7 Å². The number of hydrogen-bond donors (Lipinski definition) is 3. The highest BCUT2D eigenvalue weighted by Crippen LogP contribution is 2.36. The molecule has 0 fully saturated rings. The van der Waals surface area contributed by atoms with Crippen molar-refractivity contribution in [2.45, 2.75) is 0 Å². The predicted octanol–water partition coefficient (Wildman–Crippen LogP) is 5.15. The number of anilines is 1. The van der Waals surface area contributed by atoms with Gasteiger partial charge in [-0.05, 0) is 29.8 Å². The molecule has 0 unspecified atom stereocenters. The third-order valence-electron chi connectivity index (χ3n) is 5.24. The highest BCUT2D eigenvalue weighted by atomic mass is 35.5. The van der Waals surface area contributed by atoms with E-state index in [9.17, 15) is 9.59 Å². The molecule has 2 aromatic carbocycles. The van der Waals surface area contributed by atoms with E-state index in [1.165, 1.54) is 27.5 Å². The number of benzene rings is 2. The number of hydrogen-bond acceptors (Lipinski definition) is 6. The van der Waals surface area contributed by atoms with Crippen LogP contribution in [0.5, 0.6) is 23.0 Å². The maximum absolute atomic E-state index is 12.9. The van der Waals surface area contributed by atoms with E-state index in [2.05, 4.69) is 20.6 Å². The topological polar surface area (TPSA) is 115 Å². The lowest BCUT2D eigenvalue weighted by Crippen LogP contribution is -2.18. The van der Waals surface area contributed by atoms with Gasteiger partial charge in [-0.3, -0.25) is 14.6 Å².